The molecule has 0 amide bonds. The summed E-state index contributed by atoms with van der Waals surface area (Å²) in [5.74, 6) is -1.26. The summed E-state index contributed by atoms with van der Waals surface area (Å²) < 4.78 is 37.8. The minimum Gasteiger partial charge on any atom is -0.317 e. The van der Waals surface area contributed by atoms with Gasteiger partial charge in [-0.3, -0.25) is 0 Å². The van der Waals surface area contributed by atoms with Gasteiger partial charge in [0.05, 0.1) is 5.92 Å². The maximum atomic E-state index is 12.6. The SMILES string of the molecule is CNC1CCC=C(C)C(C(F)(F)F)C1. The molecule has 0 saturated carbocycles. The van der Waals surface area contributed by atoms with Gasteiger partial charge in [0, 0.05) is 6.04 Å². The molecule has 0 aromatic heterocycles. The molecule has 1 aliphatic rings. The molecular weight excluding hydrogens is 191 g/mol. The first-order chi connectivity index (χ1) is 6.45. The van der Waals surface area contributed by atoms with E-state index in [0.29, 0.717) is 5.57 Å². The smallest absolute Gasteiger partial charge is 0.317 e. The van der Waals surface area contributed by atoms with E-state index in [4.69, 9.17) is 0 Å². The maximum Gasteiger partial charge on any atom is 0.395 e. The van der Waals surface area contributed by atoms with Gasteiger partial charge in [0.25, 0.3) is 0 Å². The number of nitrogens with one attached hydrogen (secondary N) is 1. The molecule has 1 rings (SSSR count). The minimum absolute atomic E-state index is 0.0182. The van der Waals surface area contributed by atoms with Crippen molar-refractivity contribution in [3.05, 3.63) is 11.6 Å². The molecule has 2 atom stereocenters. The Morgan fingerprint density at radius 2 is 2.07 bits per heavy atom. The van der Waals surface area contributed by atoms with Crippen molar-refractivity contribution in [1.82, 2.24) is 5.32 Å². The molecule has 0 aliphatic heterocycles. The first-order valence-corrected chi connectivity index (χ1v) is 4.85. The van der Waals surface area contributed by atoms with Gasteiger partial charge in [-0.15, -0.1) is 0 Å². The van der Waals surface area contributed by atoms with Gasteiger partial charge in [-0.1, -0.05) is 11.6 Å². The lowest BCUT2D eigenvalue weighted by Crippen LogP contribution is -2.32. The van der Waals surface area contributed by atoms with Crippen LogP contribution in [0.2, 0.25) is 0 Å². The zero-order chi connectivity index (χ0) is 10.8. The van der Waals surface area contributed by atoms with Crippen molar-refractivity contribution in [3.8, 4) is 0 Å². The van der Waals surface area contributed by atoms with E-state index in [1.807, 2.05) is 0 Å². The fourth-order valence-corrected chi connectivity index (χ4v) is 1.90. The molecule has 2 unspecified atom stereocenters. The largest absolute Gasteiger partial charge is 0.395 e. The van der Waals surface area contributed by atoms with Crippen molar-refractivity contribution < 1.29 is 13.2 Å². The molecule has 0 saturated heterocycles. The molecule has 82 valence electrons. The Hall–Kier alpha value is -0.510. The van der Waals surface area contributed by atoms with Gasteiger partial charge >= 0.3 is 6.18 Å². The Morgan fingerprint density at radius 3 is 2.57 bits per heavy atom. The molecule has 1 nitrogen and oxygen atoms in total. The van der Waals surface area contributed by atoms with Crippen LogP contribution in [0.4, 0.5) is 13.2 Å². The zero-order valence-corrected chi connectivity index (χ0v) is 8.49. The van der Waals surface area contributed by atoms with Crippen LogP contribution >= 0.6 is 0 Å². The number of hydrogen-bond donors (Lipinski definition) is 1. The second-order valence-electron chi connectivity index (χ2n) is 3.84. The molecule has 0 aromatic rings. The molecule has 0 aromatic carbocycles. The van der Waals surface area contributed by atoms with E-state index in [2.05, 4.69) is 5.32 Å². The van der Waals surface area contributed by atoms with Gasteiger partial charge in [0.2, 0.25) is 0 Å². The number of alkyl halides is 3. The summed E-state index contributed by atoms with van der Waals surface area (Å²) in [6.45, 7) is 1.58. The highest BCUT2D eigenvalue weighted by Gasteiger charge is 2.42. The molecule has 0 spiro atoms. The number of allylic oxidation sites excluding steroid dienone is 2. The molecule has 1 aliphatic carbocycles. The summed E-state index contributed by atoms with van der Waals surface area (Å²) in [5.41, 5.74) is 0.468. The van der Waals surface area contributed by atoms with E-state index < -0.39 is 12.1 Å². The normalized spacial score (nSPS) is 29.6. The standard InChI is InChI=1S/C10H16F3N/c1-7-4-3-5-8(14-2)6-9(7)10(11,12)13/h4,8-9,14H,3,5-6H2,1-2H3. The fraction of sp³-hybridized carbons (Fsp3) is 0.800. The van der Waals surface area contributed by atoms with Crippen molar-refractivity contribution in [1.29, 1.82) is 0 Å². The maximum absolute atomic E-state index is 12.6. The van der Waals surface area contributed by atoms with Gasteiger partial charge in [-0.2, -0.15) is 13.2 Å². The monoisotopic (exact) mass is 207 g/mol. The molecule has 14 heavy (non-hydrogen) atoms. The van der Waals surface area contributed by atoms with E-state index in [9.17, 15) is 13.2 Å². The molecular formula is C10H16F3N. The summed E-state index contributed by atoms with van der Waals surface area (Å²) in [4.78, 5) is 0. The predicted molar refractivity (Wildman–Crippen MR) is 50.0 cm³/mol. The van der Waals surface area contributed by atoms with Crippen molar-refractivity contribution in [2.24, 2.45) is 5.92 Å². The second-order valence-corrected chi connectivity index (χ2v) is 3.84. The van der Waals surface area contributed by atoms with Crippen molar-refractivity contribution in [2.75, 3.05) is 7.05 Å². The number of rotatable bonds is 1. The van der Waals surface area contributed by atoms with Gasteiger partial charge in [0.1, 0.15) is 0 Å². The van der Waals surface area contributed by atoms with Crippen molar-refractivity contribution >= 4 is 0 Å². The lowest BCUT2D eigenvalue weighted by atomic mass is 9.94. The minimum atomic E-state index is -4.10. The molecule has 4 heteroatoms. The summed E-state index contributed by atoms with van der Waals surface area (Å²) in [7, 11) is 1.72. The molecule has 0 heterocycles. The van der Waals surface area contributed by atoms with Crippen LogP contribution in [0.15, 0.2) is 11.6 Å². The summed E-state index contributed by atoms with van der Waals surface area (Å²) in [6, 6.07) is -0.0182. The third kappa shape index (κ3) is 2.74. The average Bonchev–Trinajstić information content (AvgIpc) is 2.25. The van der Waals surface area contributed by atoms with E-state index in [-0.39, 0.29) is 12.5 Å². The molecule has 1 N–H and O–H groups in total. The van der Waals surface area contributed by atoms with E-state index in [0.717, 1.165) is 12.8 Å². The lowest BCUT2D eigenvalue weighted by molar-refractivity contribution is -0.166. The Morgan fingerprint density at radius 1 is 1.43 bits per heavy atom. The molecule has 0 fully saturated rings. The number of hydrogen-bond acceptors (Lipinski definition) is 1. The Bertz CT molecular complexity index is 220. The van der Waals surface area contributed by atoms with Gasteiger partial charge in [-0.25, -0.2) is 0 Å². The Labute approximate surface area is 82.4 Å². The topological polar surface area (TPSA) is 12.0 Å². The van der Waals surface area contributed by atoms with Crippen LogP contribution in [-0.4, -0.2) is 19.3 Å². The Balaban J connectivity index is 2.78. The first-order valence-electron chi connectivity index (χ1n) is 4.85. The van der Waals surface area contributed by atoms with Crippen molar-refractivity contribution in [3.63, 3.8) is 0 Å². The second kappa shape index (κ2) is 4.34. The van der Waals surface area contributed by atoms with Crippen LogP contribution in [0.1, 0.15) is 26.2 Å². The van der Waals surface area contributed by atoms with Gasteiger partial charge in [0.15, 0.2) is 0 Å². The van der Waals surface area contributed by atoms with Gasteiger partial charge < -0.3 is 5.32 Å². The highest BCUT2D eigenvalue weighted by atomic mass is 19.4. The van der Waals surface area contributed by atoms with E-state index >= 15 is 0 Å². The first kappa shape index (κ1) is 11.6. The summed E-state index contributed by atoms with van der Waals surface area (Å²) in [6.07, 6.45) is -0.678. The third-order valence-corrected chi connectivity index (χ3v) is 2.85. The fourth-order valence-electron chi connectivity index (χ4n) is 1.90. The van der Waals surface area contributed by atoms with Crippen molar-refractivity contribution in [2.45, 2.75) is 38.4 Å². The van der Waals surface area contributed by atoms with Crippen LogP contribution < -0.4 is 5.32 Å². The van der Waals surface area contributed by atoms with Crippen LogP contribution in [0.3, 0.4) is 0 Å². The highest BCUT2D eigenvalue weighted by Crippen LogP contribution is 2.37. The predicted octanol–water partition coefficient (Wildman–Crippen LogP) is 2.88. The third-order valence-electron chi connectivity index (χ3n) is 2.85. The Kier molecular flexibility index (Phi) is 3.59. The quantitative estimate of drug-likeness (QED) is 0.652. The highest BCUT2D eigenvalue weighted by molar-refractivity contribution is 5.09. The van der Waals surface area contributed by atoms with Crippen LogP contribution in [0, 0.1) is 5.92 Å². The molecule has 0 bridgehead atoms. The zero-order valence-electron chi connectivity index (χ0n) is 8.49. The lowest BCUT2D eigenvalue weighted by Gasteiger charge is -2.23. The van der Waals surface area contributed by atoms with Crippen LogP contribution in [0.25, 0.3) is 0 Å². The van der Waals surface area contributed by atoms with E-state index in [1.165, 1.54) is 0 Å². The van der Waals surface area contributed by atoms with E-state index in [1.54, 1.807) is 20.0 Å². The number of halogens is 3. The van der Waals surface area contributed by atoms with Gasteiger partial charge in [-0.05, 0) is 33.2 Å². The van der Waals surface area contributed by atoms with Crippen LogP contribution in [0.5, 0.6) is 0 Å². The van der Waals surface area contributed by atoms with Crippen LogP contribution in [-0.2, 0) is 0 Å². The summed E-state index contributed by atoms with van der Waals surface area (Å²) >= 11 is 0. The average molecular weight is 207 g/mol. The molecule has 0 radical (unpaired) electrons. The summed E-state index contributed by atoms with van der Waals surface area (Å²) in [5, 5.41) is 2.93.